The summed E-state index contributed by atoms with van der Waals surface area (Å²) in [5.41, 5.74) is 3.01. The predicted octanol–water partition coefficient (Wildman–Crippen LogP) is 2.25. The van der Waals surface area contributed by atoms with Crippen molar-refractivity contribution in [2.24, 2.45) is 0 Å². The van der Waals surface area contributed by atoms with Gasteiger partial charge in [-0.05, 0) is 43.1 Å². The van der Waals surface area contributed by atoms with E-state index < -0.39 is 0 Å². The first-order chi connectivity index (χ1) is 8.83. The molecule has 0 amide bonds. The van der Waals surface area contributed by atoms with Gasteiger partial charge in [-0.3, -0.25) is 0 Å². The van der Waals surface area contributed by atoms with E-state index in [1.54, 1.807) is 0 Å². The Balaban J connectivity index is 1.91. The molecule has 3 heteroatoms. The molecular weight excluding hydrogens is 242 g/mol. The second-order valence-electron chi connectivity index (χ2n) is 5.04. The SMILES string of the molecule is CSC[C@H](CCO)N[C@H]1CCc2ccccc2C1. The van der Waals surface area contributed by atoms with Crippen molar-refractivity contribution in [2.75, 3.05) is 18.6 Å². The standard InChI is InChI=1S/C15H23NOS/c1-18-11-15(8-9-17)16-14-7-6-12-4-2-3-5-13(12)10-14/h2-5,14-17H,6-11H2,1H3/t14-,15-/m0/s1. The molecule has 0 heterocycles. The minimum absolute atomic E-state index is 0.279. The molecule has 18 heavy (non-hydrogen) atoms. The first-order valence-electron chi connectivity index (χ1n) is 6.76. The molecule has 2 rings (SSSR count). The van der Waals surface area contributed by atoms with E-state index in [1.165, 1.54) is 24.0 Å². The predicted molar refractivity (Wildman–Crippen MR) is 79.3 cm³/mol. The lowest BCUT2D eigenvalue weighted by atomic mass is 9.88. The van der Waals surface area contributed by atoms with E-state index in [4.69, 9.17) is 5.11 Å². The van der Waals surface area contributed by atoms with Crippen LogP contribution in [0.3, 0.4) is 0 Å². The molecule has 1 aromatic rings. The zero-order valence-electron chi connectivity index (χ0n) is 11.1. The fourth-order valence-corrected chi connectivity index (χ4v) is 3.41. The Hall–Kier alpha value is -0.510. The Kier molecular flexibility index (Phi) is 5.54. The minimum atomic E-state index is 0.279. The van der Waals surface area contributed by atoms with Crippen molar-refractivity contribution in [3.63, 3.8) is 0 Å². The number of aliphatic hydroxyl groups excluding tert-OH is 1. The summed E-state index contributed by atoms with van der Waals surface area (Å²) in [6, 6.07) is 9.78. The van der Waals surface area contributed by atoms with E-state index in [0.717, 1.165) is 18.6 Å². The van der Waals surface area contributed by atoms with Crippen molar-refractivity contribution in [1.29, 1.82) is 0 Å². The summed E-state index contributed by atoms with van der Waals surface area (Å²) >= 11 is 1.85. The molecule has 1 aliphatic rings. The molecule has 0 bridgehead atoms. The van der Waals surface area contributed by atoms with Crippen LogP contribution < -0.4 is 5.32 Å². The van der Waals surface area contributed by atoms with Crippen molar-refractivity contribution >= 4 is 11.8 Å². The molecule has 1 aromatic carbocycles. The maximum Gasteiger partial charge on any atom is 0.0446 e. The van der Waals surface area contributed by atoms with Crippen molar-refractivity contribution < 1.29 is 5.11 Å². The van der Waals surface area contributed by atoms with Crippen molar-refractivity contribution in [1.82, 2.24) is 5.32 Å². The normalized spacial score (nSPS) is 20.4. The van der Waals surface area contributed by atoms with Crippen LogP contribution in [-0.4, -0.2) is 35.8 Å². The van der Waals surface area contributed by atoms with Crippen LogP contribution in [0.1, 0.15) is 24.0 Å². The van der Waals surface area contributed by atoms with E-state index in [2.05, 4.69) is 35.8 Å². The number of benzene rings is 1. The van der Waals surface area contributed by atoms with Crippen molar-refractivity contribution in [3.05, 3.63) is 35.4 Å². The van der Waals surface area contributed by atoms with Crippen LogP contribution in [-0.2, 0) is 12.8 Å². The van der Waals surface area contributed by atoms with E-state index in [1.807, 2.05) is 11.8 Å². The van der Waals surface area contributed by atoms with Crippen LogP contribution in [0.4, 0.5) is 0 Å². The highest BCUT2D eigenvalue weighted by Gasteiger charge is 2.20. The van der Waals surface area contributed by atoms with Gasteiger partial charge in [-0.2, -0.15) is 11.8 Å². The molecule has 0 fully saturated rings. The third-order valence-electron chi connectivity index (χ3n) is 3.66. The molecule has 0 radical (unpaired) electrons. The highest BCUT2D eigenvalue weighted by Crippen LogP contribution is 2.21. The van der Waals surface area contributed by atoms with Gasteiger partial charge in [0.05, 0.1) is 0 Å². The van der Waals surface area contributed by atoms with Gasteiger partial charge in [-0.1, -0.05) is 24.3 Å². The van der Waals surface area contributed by atoms with E-state index in [9.17, 15) is 0 Å². The van der Waals surface area contributed by atoms with Crippen LogP contribution in [0.5, 0.6) is 0 Å². The van der Waals surface area contributed by atoms with Crippen molar-refractivity contribution in [2.45, 2.75) is 37.8 Å². The number of fused-ring (bicyclic) bond motifs is 1. The Bertz CT molecular complexity index is 363. The van der Waals surface area contributed by atoms with Crippen LogP contribution in [0, 0.1) is 0 Å². The van der Waals surface area contributed by atoms with Gasteiger partial charge in [0, 0.05) is 24.4 Å². The van der Waals surface area contributed by atoms with Gasteiger partial charge in [0.2, 0.25) is 0 Å². The lowest BCUT2D eigenvalue weighted by Gasteiger charge is -2.29. The Morgan fingerprint density at radius 1 is 1.39 bits per heavy atom. The molecule has 2 N–H and O–H groups in total. The summed E-state index contributed by atoms with van der Waals surface area (Å²) in [6.07, 6.45) is 6.51. The fraction of sp³-hybridized carbons (Fsp3) is 0.600. The van der Waals surface area contributed by atoms with E-state index in [0.29, 0.717) is 12.1 Å². The first kappa shape index (κ1) is 13.9. The lowest BCUT2D eigenvalue weighted by molar-refractivity contribution is 0.261. The molecule has 0 aromatic heterocycles. The highest BCUT2D eigenvalue weighted by atomic mass is 32.2. The number of hydrogen-bond donors (Lipinski definition) is 2. The van der Waals surface area contributed by atoms with E-state index in [-0.39, 0.29) is 6.61 Å². The average molecular weight is 265 g/mol. The molecule has 0 aliphatic heterocycles. The molecule has 100 valence electrons. The third kappa shape index (κ3) is 3.74. The molecule has 0 unspecified atom stereocenters. The zero-order chi connectivity index (χ0) is 12.8. The zero-order valence-corrected chi connectivity index (χ0v) is 11.9. The molecule has 0 saturated heterocycles. The van der Waals surface area contributed by atoms with E-state index >= 15 is 0 Å². The third-order valence-corrected chi connectivity index (χ3v) is 4.40. The topological polar surface area (TPSA) is 32.3 Å². The molecular formula is C15H23NOS. The van der Waals surface area contributed by atoms with Crippen LogP contribution in [0.15, 0.2) is 24.3 Å². The summed E-state index contributed by atoms with van der Waals surface area (Å²) < 4.78 is 0. The quantitative estimate of drug-likeness (QED) is 0.827. The second-order valence-corrected chi connectivity index (χ2v) is 5.95. The van der Waals surface area contributed by atoms with Gasteiger partial charge in [0.1, 0.15) is 0 Å². The van der Waals surface area contributed by atoms with Gasteiger partial charge < -0.3 is 10.4 Å². The molecule has 0 spiro atoms. The number of aryl methyl sites for hydroxylation is 1. The monoisotopic (exact) mass is 265 g/mol. The number of rotatable bonds is 6. The molecule has 2 atom stereocenters. The van der Waals surface area contributed by atoms with Gasteiger partial charge in [-0.25, -0.2) is 0 Å². The smallest absolute Gasteiger partial charge is 0.0446 e. The fourth-order valence-electron chi connectivity index (χ4n) is 2.75. The Morgan fingerprint density at radius 3 is 2.89 bits per heavy atom. The number of hydrogen-bond acceptors (Lipinski definition) is 3. The molecule has 0 saturated carbocycles. The number of aliphatic hydroxyl groups is 1. The highest BCUT2D eigenvalue weighted by molar-refractivity contribution is 7.98. The Morgan fingerprint density at radius 2 is 2.17 bits per heavy atom. The van der Waals surface area contributed by atoms with Gasteiger partial charge in [0.15, 0.2) is 0 Å². The molecule has 2 nitrogen and oxygen atoms in total. The van der Waals surface area contributed by atoms with Gasteiger partial charge >= 0.3 is 0 Å². The van der Waals surface area contributed by atoms with Gasteiger partial charge in [0.25, 0.3) is 0 Å². The average Bonchev–Trinajstić information content (AvgIpc) is 2.39. The maximum atomic E-state index is 9.10. The summed E-state index contributed by atoms with van der Waals surface area (Å²) in [5, 5.41) is 12.8. The second kappa shape index (κ2) is 7.17. The van der Waals surface area contributed by atoms with Gasteiger partial charge in [-0.15, -0.1) is 0 Å². The van der Waals surface area contributed by atoms with Crippen LogP contribution in [0.2, 0.25) is 0 Å². The van der Waals surface area contributed by atoms with Crippen molar-refractivity contribution in [3.8, 4) is 0 Å². The summed E-state index contributed by atoms with van der Waals surface area (Å²) in [5.74, 6) is 1.08. The van der Waals surface area contributed by atoms with Crippen LogP contribution in [0.25, 0.3) is 0 Å². The summed E-state index contributed by atoms with van der Waals surface area (Å²) in [6.45, 7) is 0.279. The number of thioether (sulfide) groups is 1. The minimum Gasteiger partial charge on any atom is -0.396 e. The summed E-state index contributed by atoms with van der Waals surface area (Å²) in [4.78, 5) is 0. The largest absolute Gasteiger partial charge is 0.396 e. The number of nitrogens with one attached hydrogen (secondary N) is 1. The summed E-state index contributed by atoms with van der Waals surface area (Å²) in [7, 11) is 0. The Labute approximate surface area is 114 Å². The lowest BCUT2D eigenvalue weighted by Crippen LogP contribution is -2.43. The maximum absolute atomic E-state index is 9.10. The van der Waals surface area contributed by atoms with Crippen LogP contribution >= 0.6 is 11.8 Å². The molecule has 1 aliphatic carbocycles. The first-order valence-corrected chi connectivity index (χ1v) is 8.15.